The summed E-state index contributed by atoms with van der Waals surface area (Å²) in [6.45, 7) is 3.01. The number of pyridine rings is 1. The molecule has 0 aliphatic carbocycles. The molecule has 0 unspecified atom stereocenters. The summed E-state index contributed by atoms with van der Waals surface area (Å²) in [5.74, 6) is 0.242. The minimum Gasteiger partial charge on any atom is -0.508 e. The quantitative estimate of drug-likeness (QED) is 0.829. The fourth-order valence-electron chi connectivity index (χ4n) is 2.17. The molecule has 0 saturated heterocycles. The Kier molecular flexibility index (Phi) is 5.06. The molecule has 0 aliphatic heterocycles. The van der Waals surface area contributed by atoms with Crippen molar-refractivity contribution in [3.63, 3.8) is 0 Å². The van der Waals surface area contributed by atoms with E-state index in [0.717, 1.165) is 18.5 Å². The normalized spacial score (nSPS) is 10.8. The van der Waals surface area contributed by atoms with Crippen LogP contribution in [0.5, 0.6) is 5.75 Å². The van der Waals surface area contributed by atoms with Gasteiger partial charge in [0.15, 0.2) is 5.78 Å². The zero-order valence-electron chi connectivity index (χ0n) is 12.4. The lowest BCUT2D eigenvalue weighted by molar-refractivity contribution is 0.101. The van der Waals surface area contributed by atoms with Crippen molar-refractivity contribution < 1.29 is 9.90 Å². The molecule has 2 aromatic rings. The van der Waals surface area contributed by atoms with Crippen LogP contribution in [0.25, 0.3) is 0 Å². The van der Waals surface area contributed by atoms with Gasteiger partial charge in [-0.25, -0.2) is 0 Å². The predicted octanol–water partition coefficient (Wildman–Crippen LogP) is 2.66. The predicted molar refractivity (Wildman–Crippen MR) is 82.4 cm³/mol. The van der Waals surface area contributed by atoms with Crippen LogP contribution in [-0.2, 0) is 13.0 Å². The number of hydrogen-bond acceptors (Lipinski definition) is 4. The van der Waals surface area contributed by atoms with E-state index in [-0.39, 0.29) is 11.5 Å². The summed E-state index contributed by atoms with van der Waals surface area (Å²) in [5.41, 5.74) is 2.64. The fraction of sp³-hybridized carbons (Fsp3) is 0.294. The SMILES string of the molecule is CC(=O)c1ccc(O)c(CN(C)CCc2ccncc2)c1. The number of carbonyl (C=O) groups is 1. The van der Waals surface area contributed by atoms with E-state index in [1.807, 2.05) is 19.2 Å². The van der Waals surface area contributed by atoms with E-state index in [4.69, 9.17) is 0 Å². The molecule has 2 rings (SSSR count). The number of carbonyl (C=O) groups excluding carboxylic acids is 1. The van der Waals surface area contributed by atoms with Crippen molar-refractivity contribution in [2.24, 2.45) is 0 Å². The second-order valence-corrected chi connectivity index (χ2v) is 5.24. The van der Waals surface area contributed by atoms with Crippen molar-refractivity contribution >= 4 is 5.78 Å². The number of benzene rings is 1. The number of likely N-dealkylation sites (N-methyl/N-ethyl adjacent to an activating group) is 1. The number of Topliss-reactive ketones (excluding diaryl/α,β-unsaturated/α-hetero) is 1. The summed E-state index contributed by atoms with van der Waals surface area (Å²) in [7, 11) is 2.00. The van der Waals surface area contributed by atoms with Crippen LogP contribution in [0.1, 0.15) is 28.4 Å². The third-order valence-electron chi connectivity index (χ3n) is 3.46. The van der Waals surface area contributed by atoms with E-state index in [9.17, 15) is 9.90 Å². The second-order valence-electron chi connectivity index (χ2n) is 5.24. The average molecular weight is 284 g/mol. The molecule has 110 valence electrons. The highest BCUT2D eigenvalue weighted by Crippen LogP contribution is 2.20. The Morgan fingerprint density at radius 1 is 1.24 bits per heavy atom. The lowest BCUT2D eigenvalue weighted by Crippen LogP contribution is -2.21. The molecule has 0 amide bonds. The molecular weight excluding hydrogens is 264 g/mol. The maximum atomic E-state index is 11.4. The van der Waals surface area contributed by atoms with Crippen LogP contribution >= 0.6 is 0 Å². The minimum absolute atomic E-state index is 0.00990. The molecule has 0 fully saturated rings. The van der Waals surface area contributed by atoms with Crippen molar-refractivity contribution in [1.29, 1.82) is 0 Å². The molecule has 1 N–H and O–H groups in total. The van der Waals surface area contributed by atoms with Crippen molar-refractivity contribution in [2.45, 2.75) is 19.9 Å². The van der Waals surface area contributed by atoms with Gasteiger partial charge in [-0.1, -0.05) is 0 Å². The zero-order chi connectivity index (χ0) is 15.2. The van der Waals surface area contributed by atoms with Gasteiger partial charge in [0.2, 0.25) is 0 Å². The van der Waals surface area contributed by atoms with E-state index in [0.29, 0.717) is 12.1 Å². The van der Waals surface area contributed by atoms with Gasteiger partial charge in [-0.15, -0.1) is 0 Å². The highest BCUT2D eigenvalue weighted by atomic mass is 16.3. The summed E-state index contributed by atoms with van der Waals surface area (Å²) in [6, 6.07) is 9.00. The number of phenols is 1. The van der Waals surface area contributed by atoms with E-state index in [2.05, 4.69) is 9.88 Å². The summed E-state index contributed by atoms with van der Waals surface area (Å²) in [5, 5.41) is 9.90. The number of aromatic nitrogens is 1. The van der Waals surface area contributed by atoms with Crippen molar-refractivity contribution in [2.75, 3.05) is 13.6 Å². The highest BCUT2D eigenvalue weighted by molar-refractivity contribution is 5.94. The van der Waals surface area contributed by atoms with E-state index in [1.165, 1.54) is 12.5 Å². The van der Waals surface area contributed by atoms with Gasteiger partial charge in [-0.05, 0) is 56.3 Å². The van der Waals surface area contributed by atoms with E-state index in [1.54, 1.807) is 30.6 Å². The first-order valence-electron chi connectivity index (χ1n) is 6.96. The van der Waals surface area contributed by atoms with Crippen LogP contribution in [0.3, 0.4) is 0 Å². The van der Waals surface area contributed by atoms with Crippen LogP contribution in [0.2, 0.25) is 0 Å². The Morgan fingerprint density at radius 3 is 2.62 bits per heavy atom. The molecule has 0 spiro atoms. The summed E-state index contributed by atoms with van der Waals surface area (Å²) in [4.78, 5) is 17.5. The third kappa shape index (κ3) is 4.39. The largest absolute Gasteiger partial charge is 0.508 e. The number of nitrogens with zero attached hydrogens (tertiary/aromatic N) is 2. The van der Waals surface area contributed by atoms with Gasteiger partial charge in [-0.3, -0.25) is 9.78 Å². The molecule has 4 heteroatoms. The molecule has 0 atom stereocenters. The molecule has 0 bridgehead atoms. The summed E-state index contributed by atoms with van der Waals surface area (Å²) < 4.78 is 0. The number of phenolic OH excluding ortho intramolecular Hbond substituents is 1. The molecule has 4 nitrogen and oxygen atoms in total. The molecular formula is C17H20N2O2. The maximum absolute atomic E-state index is 11.4. The first-order valence-corrected chi connectivity index (χ1v) is 6.96. The number of ketones is 1. The molecule has 1 aromatic heterocycles. The van der Waals surface area contributed by atoms with Crippen LogP contribution in [0, 0.1) is 0 Å². The van der Waals surface area contributed by atoms with Gasteiger partial charge >= 0.3 is 0 Å². The van der Waals surface area contributed by atoms with E-state index >= 15 is 0 Å². The Balaban J connectivity index is 1.97. The van der Waals surface area contributed by atoms with Gasteiger partial charge in [0, 0.05) is 36.6 Å². The smallest absolute Gasteiger partial charge is 0.159 e. The number of aromatic hydroxyl groups is 1. The van der Waals surface area contributed by atoms with Crippen LogP contribution in [0.15, 0.2) is 42.7 Å². The Morgan fingerprint density at radius 2 is 1.95 bits per heavy atom. The molecule has 0 aliphatic rings. The Hall–Kier alpha value is -2.20. The Labute approximate surface area is 125 Å². The average Bonchev–Trinajstić information content (AvgIpc) is 2.48. The van der Waals surface area contributed by atoms with Crippen molar-refractivity contribution in [3.8, 4) is 5.75 Å². The topological polar surface area (TPSA) is 53.4 Å². The minimum atomic E-state index is 0.00990. The standard InChI is InChI=1S/C17H20N2O2/c1-13(20)15-3-4-17(21)16(11-15)12-19(2)10-7-14-5-8-18-9-6-14/h3-6,8-9,11,21H,7,10,12H2,1-2H3. The molecule has 0 saturated carbocycles. The fourth-order valence-corrected chi connectivity index (χ4v) is 2.17. The maximum Gasteiger partial charge on any atom is 0.159 e. The zero-order valence-corrected chi connectivity index (χ0v) is 12.4. The summed E-state index contributed by atoms with van der Waals surface area (Å²) in [6.07, 6.45) is 4.50. The van der Waals surface area contributed by atoms with Crippen molar-refractivity contribution in [1.82, 2.24) is 9.88 Å². The lowest BCUT2D eigenvalue weighted by atomic mass is 10.1. The van der Waals surface area contributed by atoms with Crippen molar-refractivity contribution in [3.05, 3.63) is 59.4 Å². The van der Waals surface area contributed by atoms with Gasteiger partial charge in [-0.2, -0.15) is 0 Å². The Bertz CT molecular complexity index is 611. The second kappa shape index (κ2) is 6.99. The van der Waals surface area contributed by atoms with Crippen LogP contribution in [0.4, 0.5) is 0 Å². The first kappa shape index (κ1) is 15.2. The van der Waals surface area contributed by atoms with E-state index < -0.39 is 0 Å². The van der Waals surface area contributed by atoms with Gasteiger partial charge in [0.05, 0.1) is 0 Å². The van der Waals surface area contributed by atoms with Crippen LogP contribution in [-0.4, -0.2) is 34.4 Å². The number of hydrogen-bond donors (Lipinski definition) is 1. The highest BCUT2D eigenvalue weighted by Gasteiger charge is 2.08. The van der Waals surface area contributed by atoms with Crippen LogP contribution < -0.4 is 0 Å². The first-order chi connectivity index (χ1) is 10.1. The molecule has 21 heavy (non-hydrogen) atoms. The monoisotopic (exact) mass is 284 g/mol. The molecule has 1 aromatic carbocycles. The molecule has 1 heterocycles. The van der Waals surface area contributed by atoms with Gasteiger partial charge in [0.25, 0.3) is 0 Å². The number of rotatable bonds is 6. The summed E-state index contributed by atoms with van der Waals surface area (Å²) >= 11 is 0. The van der Waals surface area contributed by atoms with Gasteiger partial charge in [0.1, 0.15) is 5.75 Å². The molecule has 0 radical (unpaired) electrons. The lowest BCUT2D eigenvalue weighted by Gasteiger charge is -2.17. The third-order valence-corrected chi connectivity index (χ3v) is 3.46. The van der Waals surface area contributed by atoms with Gasteiger partial charge < -0.3 is 10.0 Å².